The molecule has 3 rings (SSSR count). The van der Waals surface area contributed by atoms with Crippen LogP contribution in [0, 0.1) is 23.7 Å². The first-order valence-electron chi connectivity index (χ1n) is 9.74. The molecule has 4 heteroatoms. The molecule has 0 spiro atoms. The van der Waals surface area contributed by atoms with Gasteiger partial charge >= 0.3 is 0 Å². The summed E-state index contributed by atoms with van der Waals surface area (Å²) in [7, 11) is 0. The van der Waals surface area contributed by atoms with Crippen molar-refractivity contribution in [2.75, 3.05) is 0 Å². The molecule has 0 aliphatic heterocycles. The SMILES string of the molecule is O=C(C(=O)C1CCC(C(=O)C(=O)C2CCCC2)CC1)C1CCCC1. The quantitative estimate of drug-likeness (QED) is 0.699. The van der Waals surface area contributed by atoms with Crippen LogP contribution in [0.15, 0.2) is 0 Å². The molecule has 0 amide bonds. The first-order chi connectivity index (χ1) is 11.6. The lowest BCUT2D eigenvalue weighted by molar-refractivity contribution is -0.144. The second kappa shape index (κ2) is 7.71. The molecule has 0 aromatic heterocycles. The Morgan fingerprint density at radius 1 is 0.375 bits per heavy atom. The Morgan fingerprint density at radius 3 is 0.833 bits per heavy atom. The highest BCUT2D eigenvalue weighted by molar-refractivity contribution is 6.39. The molecule has 3 aliphatic carbocycles. The first kappa shape index (κ1) is 17.5. The van der Waals surface area contributed by atoms with Crippen molar-refractivity contribution in [1.29, 1.82) is 0 Å². The van der Waals surface area contributed by atoms with Crippen LogP contribution < -0.4 is 0 Å². The van der Waals surface area contributed by atoms with Gasteiger partial charge in [-0.25, -0.2) is 0 Å². The van der Waals surface area contributed by atoms with Crippen molar-refractivity contribution in [1.82, 2.24) is 0 Å². The van der Waals surface area contributed by atoms with E-state index in [-0.39, 0.29) is 46.8 Å². The van der Waals surface area contributed by atoms with Crippen molar-refractivity contribution < 1.29 is 19.2 Å². The predicted molar refractivity (Wildman–Crippen MR) is 89.4 cm³/mol. The molecule has 0 saturated heterocycles. The summed E-state index contributed by atoms with van der Waals surface area (Å²) in [5.41, 5.74) is 0. The van der Waals surface area contributed by atoms with E-state index in [4.69, 9.17) is 0 Å². The van der Waals surface area contributed by atoms with Gasteiger partial charge < -0.3 is 0 Å². The van der Waals surface area contributed by atoms with Crippen LogP contribution >= 0.6 is 0 Å². The zero-order valence-electron chi connectivity index (χ0n) is 14.4. The summed E-state index contributed by atoms with van der Waals surface area (Å²) in [5, 5.41) is 0. The van der Waals surface area contributed by atoms with Crippen LogP contribution in [0.3, 0.4) is 0 Å². The van der Waals surface area contributed by atoms with Gasteiger partial charge in [-0.2, -0.15) is 0 Å². The molecule has 0 atom stereocenters. The minimum Gasteiger partial charge on any atom is -0.291 e. The minimum absolute atomic E-state index is 0.0548. The van der Waals surface area contributed by atoms with Crippen LogP contribution in [0.5, 0.6) is 0 Å². The number of ketones is 4. The van der Waals surface area contributed by atoms with E-state index in [0.717, 1.165) is 51.4 Å². The summed E-state index contributed by atoms with van der Waals surface area (Å²) in [5.74, 6) is -1.33. The Balaban J connectivity index is 1.49. The van der Waals surface area contributed by atoms with E-state index >= 15 is 0 Å². The van der Waals surface area contributed by atoms with Gasteiger partial charge in [0.2, 0.25) is 23.1 Å². The van der Waals surface area contributed by atoms with Crippen molar-refractivity contribution >= 4 is 23.1 Å². The average Bonchev–Trinajstić information content (AvgIpc) is 3.32. The summed E-state index contributed by atoms with van der Waals surface area (Å²) in [6, 6.07) is 0. The molecule has 0 bridgehead atoms. The maximum Gasteiger partial charge on any atom is 0.201 e. The van der Waals surface area contributed by atoms with Crippen LogP contribution in [0.4, 0.5) is 0 Å². The Kier molecular flexibility index (Phi) is 5.62. The van der Waals surface area contributed by atoms with Gasteiger partial charge in [0, 0.05) is 23.7 Å². The number of carbonyl (C=O) groups is 4. The van der Waals surface area contributed by atoms with Gasteiger partial charge in [-0.05, 0) is 51.4 Å². The maximum atomic E-state index is 12.4. The van der Waals surface area contributed by atoms with E-state index in [9.17, 15) is 19.2 Å². The molecular formula is C20H28O4. The molecule has 0 unspecified atom stereocenters. The second-order valence-corrected chi connectivity index (χ2v) is 7.97. The van der Waals surface area contributed by atoms with Crippen LogP contribution in [0.1, 0.15) is 77.0 Å². The standard InChI is InChI=1S/C20H28O4/c21-17(13-5-1-2-6-13)19(23)15-9-11-16(12-10-15)20(24)18(22)14-7-3-4-8-14/h13-16H,1-12H2. The van der Waals surface area contributed by atoms with Gasteiger partial charge in [-0.15, -0.1) is 0 Å². The monoisotopic (exact) mass is 332 g/mol. The van der Waals surface area contributed by atoms with Gasteiger partial charge in [0.1, 0.15) is 0 Å². The van der Waals surface area contributed by atoms with Crippen molar-refractivity contribution in [2.45, 2.75) is 77.0 Å². The van der Waals surface area contributed by atoms with Crippen molar-refractivity contribution in [3.8, 4) is 0 Å². The van der Waals surface area contributed by atoms with Gasteiger partial charge in [0.25, 0.3) is 0 Å². The highest BCUT2D eigenvalue weighted by atomic mass is 16.2. The van der Waals surface area contributed by atoms with Crippen molar-refractivity contribution in [2.24, 2.45) is 23.7 Å². The van der Waals surface area contributed by atoms with Gasteiger partial charge in [0.15, 0.2) is 0 Å². The molecule has 0 aromatic carbocycles. The van der Waals surface area contributed by atoms with Gasteiger partial charge in [-0.3, -0.25) is 19.2 Å². The molecule has 0 heterocycles. The first-order valence-corrected chi connectivity index (χ1v) is 9.74. The summed E-state index contributed by atoms with van der Waals surface area (Å²) in [4.78, 5) is 49.3. The third-order valence-corrected chi connectivity index (χ3v) is 6.41. The molecular weight excluding hydrogens is 304 g/mol. The number of carbonyl (C=O) groups excluding carboxylic acids is 4. The molecule has 0 N–H and O–H groups in total. The predicted octanol–water partition coefficient (Wildman–Crippen LogP) is 3.45. The lowest BCUT2D eigenvalue weighted by atomic mass is 9.75. The molecule has 24 heavy (non-hydrogen) atoms. The molecule has 132 valence electrons. The zero-order valence-corrected chi connectivity index (χ0v) is 14.4. The van der Waals surface area contributed by atoms with E-state index in [1.807, 2.05) is 0 Å². The average molecular weight is 332 g/mol. The smallest absolute Gasteiger partial charge is 0.201 e. The van der Waals surface area contributed by atoms with Crippen LogP contribution in [-0.2, 0) is 19.2 Å². The van der Waals surface area contributed by atoms with Crippen LogP contribution in [0.2, 0.25) is 0 Å². The summed E-state index contributed by atoms with van der Waals surface area (Å²) in [6.07, 6.45) is 9.98. The molecule has 0 aromatic rings. The number of hydrogen-bond donors (Lipinski definition) is 0. The highest BCUT2D eigenvalue weighted by Gasteiger charge is 2.38. The fourth-order valence-corrected chi connectivity index (χ4v) is 4.80. The van der Waals surface area contributed by atoms with Crippen LogP contribution in [0.25, 0.3) is 0 Å². The number of rotatable bonds is 6. The van der Waals surface area contributed by atoms with Crippen LogP contribution in [-0.4, -0.2) is 23.1 Å². The Morgan fingerprint density at radius 2 is 0.583 bits per heavy atom. The second-order valence-electron chi connectivity index (χ2n) is 7.97. The van der Waals surface area contributed by atoms with E-state index in [1.54, 1.807) is 0 Å². The Hall–Kier alpha value is -1.32. The van der Waals surface area contributed by atoms with E-state index in [1.165, 1.54) is 0 Å². The third-order valence-electron chi connectivity index (χ3n) is 6.41. The molecule has 4 nitrogen and oxygen atoms in total. The summed E-state index contributed by atoms with van der Waals surface area (Å²) >= 11 is 0. The van der Waals surface area contributed by atoms with Crippen molar-refractivity contribution in [3.63, 3.8) is 0 Å². The Labute approximate surface area is 143 Å². The highest BCUT2D eigenvalue weighted by Crippen LogP contribution is 2.34. The maximum absolute atomic E-state index is 12.4. The molecule has 0 radical (unpaired) electrons. The van der Waals surface area contributed by atoms with Gasteiger partial charge in [-0.1, -0.05) is 25.7 Å². The van der Waals surface area contributed by atoms with E-state index < -0.39 is 0 Å². The van der Waals surface area contributed by atoms with Gasteiger partial charge in [0.05, 0.1) is 0 Å². The van der Waals surface area contributed by atoms with E-state index in [2.05, 4.69) is 0 Å². The molecule has 3 aliphatic rings. The number of hydrogen-bond acceptors (Lipinski definition) is 4. The minimum atomic E-state index is -0.219. The van der Waals surface area contributed by atoms with Crippen molar-refractivity contribution in [3.05, 3.63) is 0 Å². The zero-order chi connectivity index (χ0) is 17.1. The topological polar surface area (TPSA) is 68.3 Å². The fraction of sp³-hybridized carbons (Fsp3) is 0.800. The summed E-state index contributed by atoms with van der Waals surface area (Å²) < 4.78 is 0. The lowest BCUT2D eigenvalue weighted by Gasteiger charge is -2.27. The Bertz CT molecular complexity index is 468. The normalized spacial score (nSPS) is 28.8. The molecule has 3 saturated carbocycles. The fourth-order valence-electron chi connectivity index (χ4n) is 4.80. The lowest BCUT2D eigenvalue weighted by Crippen LogP contribution is -2.35. The third kappa shape index (κ3) is 3.68. The largest absolute Gasteiger partial charge is 0.291 e. The summed E-state index contributed by atoms with van der Waals surface area (Å²) in [6.45, 7) is 0. The van der Waals surface area contributed by atoms with E-state index in [0.29, 0.717) is 25.7 Å². The number of Topliss-reactive ketones (excluding diaryl/α,β-unsaturated/α-hetero) is 4. The molecule has 3 fully saturated rings.